The summed E-state index contributed by atoms with van der Waals surface area (Å²) in [4.78, 5) is 22.0. The zero-order chi connectivity index (χ0) is 30.0. The smallest absolute Gasteiger partial charge is 0.316 e. The van der Waals surface area contributed by atoms with Crippen molar-refractivity contribution in [3.8, 4) is 22.3 Å². The Bertz CT molecular complexity index is 1430. The number of rotatable bonds is 8. The zero-order valence-electron chi connectivity index (χ0n) is 24.5. The number of aryl methyl sites for hydroxylation is 1. The summed E-state index contributed by atoms with van der Waals surface area (Å²) >= 11 is 0. The Morgan fingerprint density at radius 2 is 1.66 bits per heavy atom. The molecular formula is C33H38FN3O4. The van der Waals surface area contributed by atoms with Crippen molar-refractivity contribution in [1.29, 1.82) is 0 Å². The van der Waals surface area contributed by atoms with Crippen molar-refractivity contribution in [3.63, 3.8) is 0 Å². The molecular weight excluding hydrogens is 521 g/mol. The van der Waals surface area contributed by atoms with Crippen LogP contribution in [0.3, 0.4) is 0 Å². The Kier molecular flexibility index (Phi) is 10.8. The van der Waals surface area contributed by atoms with Crippen LogP contribution < -0.4 is 5.32 Å². The van der Waals surface area contributed by atoms with Crippen LogP contribution in [-0.2, 0) is 31.5 Å². The number of hydrogen-bond donors (Lipinski definition) is 1. The van der Waals surface area contributed by atoms with Crippen molar-refractivity contribution in [2.24, 2.45) is 7.05 Å². The molecule has 1 heterocycles. The van der Waals surface area contributed by atoms with E-state index in [0.717, 1.165) is 46.5 Å². The number of nitrogens with zero attached hydrogens (tertiary/aromatic N) is 2. The second-order valence-electron chi connectivity index (χ2n) is 9.41. The molecule has 8 heteroatoms. The maximum absolute atomic E-state index is 14.9. The van der Waals surface area contributed by atoms with Gasteiger partial charge in [-0.25, -0.2) is 4.39 Å². The first-order chi connectivity index (χ1) is 19.8. The predicted molar refractivity (Wildman–Crippen MR) is 160 cm³/mol. The van der Waals surface area contributed by atoms with Crippen LogP contribution in [0.4, 0.5) is 10.2 Å². The van der Waals surface area contributed by atoms with Gasteiger partial charge in [0.05, 0.1) is 18.7 Å². The number of nitrogens with one attached hydrogen (secondary N) is 1. The van der Waals surface area contributed by atoms with Crippen LogP contribution in [-0.4, -0.2) is 36.4 Å². The van der Waals surface area contributed by atoms with E-state index in [9.17, 15) is 14.0 Å². The van der Waals surface area contributed by atoms with Gasteiger partial charge in [-0.15, -0.1) is 0 Å². The number of esters is 1. The molecule has 1 aromatic heterocycles. The lowest BCUT2D eigenvalue weighted by atomic mass is 9.93. The first kappa shape index (κ1) is 31.1. The molecule has 5 rings (SSSR count). The monoisotopic (exact) mass is 559 g/mol. The second kappa shape index (κ2) is 14.3. The van der Waals surface area contributed by atoms with E-state index < -0.39 is 5.41 Å². The third kappa shape index (κ3) is 7.01. The number of aromatic nitrogens is 2. The summed E-state index contributed by atoms with van der Waals surface area (Å²) in [6, 6.07) is 22.5. The van der Waals surface area contributed by atoms with Gasteiger partial charge in [-0.2, -0.15) is 5.10 Å². The average Bonchev–Trinajstić information content (AvgIpc) is 3.75. The Labute approximate surface area is 241 Å². The summed E-state index contributed by atoms with van der Waals surface area (Å²) in [6.45, 7) is 6.31. The average molecular weight is 560 g/mol. The first-order valence-electron chi connectivity index (χ1n) is 13.7. The van der Waals surface area contributed by atoms with Gasteiger partial charge in [0.2, 0.25) is 0 Å². The van der Waals surface area contributed by atoms with Crippen molar-refractivity contribution >= 4 is 18.3 Å². The van der Waals surface area contributed by atoms with E-state index in [-0.39, 0.29) is 17.9 Å². The maximum atomic E-state index is 14.9. The van der Waals surface area contributed by atoms with Gasteiger partial charge in [-0.1, -0.05) is 80.6 Å². The molecule has 0 unspecified atom stereocenters. The minimum Gasteiger partial charge on any atom is -0.468 e. The third-order valence-corrected chi connectivity index (χ3v) is 7.06. The van der Waals surface area contributed by atoms with Crippen molar-refractivity contribution in [2.45, 2.75) is 45.1 Å². The molecule has 0 amide bonds. The van der Waals surface area contributed by atoms with E-state index in [4.69, 9.17) is 9.47 Å². The highest BCUT2D eigenvalue weighted by Crippen LogP contribution is 2.49. The predicted octanol–water partition coefficient (Wildman–Crippen LogP) is 7.09. The number of methoxy groups -OCH3 is 1. The van der Waals surface area contributed by atoms with Crippen molar-refractivity contribution in [1.82, 2.24) is 9.78 Å². The Hall–Kier alpha value is -4.46. The van der Waals surface area contributed by atoms with Gasteiger partial charge in [-0.05, 0) is 48.1 Å². The summed E-state index contributed by atoms with van der Waals surface area (Å²) in [5, 5.41) is 7.25. The van der Waals surface area contributed by atoms with Gasteiger partial charge in [0, 0.05) is 25.2 Å². The fourth-order valence-corrected chi connectivity index (χ4v) is 4.64. The van der Waals surface area contributed by atoms with E-state index >= 15 is 0 Å². The van der Waals surface area contributed by atoms with E-state index in [1.165, 1.54) is 13.2 Å². The number of ether oxygens (including phenoxy) is 2. The number of anilines is 1. The molecule has 0 spiro atoms. The summed E-state index contributed by atoms with van der Waals surface area (Å²) in [6.07, 6.45) is 3.12. The number of halogens is 1. The van der Waals surface area contributed by atoms with Crippen LogP contribution in [0.25, 0.3) is 22.3 Å². The molecule has 1 aliphatic rings. The number of benzene rings is 3. The molecule has 0 saturated heterocycles. The lowest BCUT2D eigenvalue weighted by Crippen LogP contribution is -2.21. The van der Waals surface area contributed by atoms with Gasteiger partial charge in [0.15, 0.2) is 0 Å². The molecule has 0 radical (unpaired) electrons. The summed E-state index contributed by atoms with van der Waals surface area (Å²) in [5.41, 5.74) is 4.37. The lowest BCUT2D eigenvalue weighted by molar-refractivity contribution is -0.143. The molecule has 7 nitrogen and oxygen atoms in total. The van der Waals surface area contributed by atoms with Crippen LogP contribution in [0, 0.1) is 5.82 Å². The van der Waals surface area contributed by atoms with Crippen LogP contribution in [0.5, 0.6) is 0 Å². The van der Waals surface area contributed by atoms with Crippen molar-refractivity contribution in [3.05, 3.63) is 95.9 Å². The van der Waals surface area contributed by atoms with Gasteiger partial charge in [0.25, 0.3) is 6.47 Å². The van der Waals surface area contributed by atoms with Crippen LogP contribution >= 0.6 is 0 Å². The van der Waals surface area contributed by atoms with E-state index in [2.05, 4.69) is 10.4 Å². The van der Waals surface area contributed by atoms with E-state index in [0.29, 0.717) is 12.0 Å². The fourth-order valence-electron chi connectivity index (χ4n) is 4.64. The minimum atomic E-state index is -0.494. The summed E-state index contributed by atoms with van der Waals surface area (Å²) in [7, 11) is 5.02. The highest BCUT2D eigenvalue weighted by molar-refractivity contribution is 5.87. The summed E-state index contributed by atoms with van der Waals surface area (Å²) in [5.74, 6) is 0.264. The first-order valence-corrected chi connectivity index (χ1v) is 13.7. The largest absolute Gasteiger partial charge is 0.468 e. The molecule has 4 aromatic rings. The lowest BCUT2D eigenvalue weighted by Gasteiger charge is -2.14. The molecule has 1 atom stereocenters. The molecule has 216 valence electrons. The van der Waals surface area contributed by atoms with Gasteiger partial charge in [-0.3, -0.25) is 14.3 Å². The van der Waals surface area contributed by atoms with Crippen molar-refractivity contribution in [2.75, 3.05) is 19.5 Å². The zero-order valence-corrected chi connectivity index (χ0v) is 24.5. The fraction of sp³-hybridized carbons (Fsp3) is 0.303. The SMILES string of the molecule is CC.CNc1c(-c2ccc(-c3ccc(C4(C(=O)OC)CC4)cc3)cc2F)cnn1C.C[C@@H](OC=O)c1ccccc1. The normalized spacial score (nSPS) is 13.3. The minimum absolute atomic E-state index is 0.145. The van der Waals surface area contributed by atoms with E-state index in [1.807, 2.05) is 88.5 Å². The quantitative estimate of drug-likeness (QED) is 0.183. The van der Waals surface area contributed by atoms with Crippen LogP contribution in [0.2, 0.25) is 0 Å². The standard InChI is InChI=1S/C22H22FN3O2.C9H10O2.C2H6/c1-24-20-18(13-25-26(20)2)17-9-6-15(12-19(17)23)14-4-7-16(8-5-14)22(10-11-22)21(27)28-3;1-8(11-7-10)9-5-3-2-4-6-9;1-2/h4-9,12-13,24H,10-11H2,1-3H3;2-8H,1H3;1-2H3/t;8-;/m.1./s1. The van der Waals surface area contributed by atoms with Crippen LogP contribution in [0.15, 0.2) is 79.0 Å². The highest BCUT2D eigenvalue weighted by Gasteiger charge is 2.52. The van der Waals surface area contributed by atoms with Gasteiger partial charge in [0.1, 0.15) is 17.7 Å². The van der Waals surface area contributed by atoms with E-state index in [1.54, 1.807) is 24.0 Å². The molecule has 1 aliphatic carbocycles. The number of carbonyl (C=O) groups excluding carboxylic acids is 2. The Morgan fingerprint density at radius 1 is 1.02 bits per heavy atom. The van der Waals surface area contributed by atoms with Gasteiger partial charge >= 0.3 is 5.97 Å². The molecule has 1 fully saturated rings. The number of hydrogen-bond acceptors (Lipinski definition) is 6. The molecule has 3 aromatic carbocycles. The van der Waals surface area contributed by atoms with Crippen molar-refractivity contribution < 1.29 is 23.5 Å². The highest BCUT2D eigenvalue weighted by atomic mass is 19.1. The Balaban J connectivity index is 0.000000299. The molecule has 0 bridgehead atoms. The maximum Gasteiger partial charge on any atom is 0.316 e. The third-order valence-electron chi connectivity index (χ3n) is 7.06. The summed E-state index contributed by atoms with van der Waals surface area (Å²) < 4.78 is 26.2. The van der Waals surface area contributed by atoms with Crippen LogP contribution in [0.1, 0.15) is 50.8 Å². The molecule has 1 N–H and O–H groups in total. The molecule has 0 aliphatic heterocycles. The van der Waals surface area contributed by atoms with Gasteiger partial charge < -0.3 is 14.8 Å². The second-order valence-corrected chi connectivity index (χ2v) is 9.41. The molecule has 41 heavy (non-hydrogen) atoms. The number of carbonyl (C=O) groups is 2. The topological polar surface area (TPSA) is 82.4 Å². The Morgan fingerprint density at radius 3 is 2.20 bits per heavy atom. The molecule has 1 saturated carbocycles.